The molecule has 9 N–H and O–H groups in total. The van der Waals surface area contributed by atoms with Crippen LogP contribution in [0, 0.1) is 6.92 Å². The lowest BCUT2D eigenvalue weighted by Crippen LogP contribution is -2.34. The van der Waals surface area contributed by atoms with Crippen LogP contribution in [0.3, 0.4) is 0 Å². The molecule has 2 aliphatic carbocycles. The van der Waals surface area contributed by atoms with E-state index in [1.165, 1.54) is 11.1 Å². The highest BCUT2D eigenvalue weighted by atomic mass is 35.5. The van der Waals surface area contributed by atoms with Gasteiger partial charge in [-0.1, -0.05) is 223 Å². The van der Waals surface area contributed by atoms with Gasteiger partial charge in [0.05, 0.1) is 129 Å². The molecule has 2 saturated carbocycles. The molecule has 0 bridgehead atoms. The minimum Gasteiger partial charge on any atom is -0.481 e. The second-order valence-electron chi connectivity index (χ2n) is 33.4. The summed E-state index contributed by atoms with van der Waals surface area (Å²) in [5, 5.41) is 50.0. The molecule has 0 spiro atoms. The second kappa shape index (κ2) is 36.0. The second-order valence-corrected chi connectivity index (χ2v) is 34.6. The van der Waals surface area contributed by atoms with Crippen molar-refractivity contribution in [2.45, 2.75) is 124 Å². The highest BCUT2D eigenvalue weighted by molar-refractivity contribution is 6.34. The number of hydrogen-bond donors (Lipinski definition) is 9. The Kier molecular flexibility index (Phi) is 23.7. The van der Waals surface area contributed by atoms with Crippen molar-refractivity contribution in [3.63, 3.8) is 0 Å². The predicted molar refractivity (Wildman–Crippen MR) is 485 cm³/mol. The molecule has 8 aromatic heterocycles. The first-order valence-electron chi connectivity index (χ1n) is 42.8. The average molecular weight is 1780 g/mol. The van der Waals surface area contributed by atoms with Crippen molar-refractivity contribution in [1.82, 2.24) is 39.9 Å². The number of aldehydes is 1. The Morgan fingerprint density at radius 2 is 0.859 bits per heavy atom. The number of nitrogens with one attached hydrogen (secondary N) is 4. The Morgan fingerprint density at radius 1 is 0.445 bits per heavy atom. The Balaban J connectivity index is 0.000000108. The molecular weight excluding hydrogens is 1690 g/mol. The lowest BCUT2D eigenvalue weighted by atomic mass is 9.95. The molecule has 0 unspecified atom stereocenters. The average Bonchev–Trinajstić information content (AvgIpc) is 1.59. The van der Waals surface area contributed by atoms with Crippen LogP contribution in [0.2, 0.25) is 15.1 Å². The quantitative estimate of drug-likeness (QED) is 0.0302. The normalized spacial score (nSPS) is 22.7. The third-order valence-electron chi connectivity index (χ3n) is 25.0. The number of halogens is 3. The Morgan fingerprint density at radius 3 is 1.33 bits per heavy atom. The number of aliphatic hydroxyl groups is 4. The minimum absolute atomic E-state index is 0.0669. The van der Waals surface area contributed by atoms with E-state index in [0.29, 0.717) is 85.5 Å². The molecule has 128 heavy (non-hydrogen) atoms. The third-order valence-corrected chi connectivity index (χ3v) is 25.9. The number of fused-ring (bicyclic) bond motifs is 7. The molecule has 8 aliphatic rings. The first kappa shape index (κ1) is 84.3. The van der Waals surface area contributed by atoms with Gasteiger partial charge in [-0.15, -0.1) is 0 Å². The van der Waals surface area contributed by atoms with Gasteiger partial charge in [0.1, 0.15) is 72.6 Å². The van der Waals surface area contributed by atoms with Crippen LogP contribution in [0.5, 0.6) is 23.5 Å². The molecule has 25 nitrogen and oxygen atoms in total. The fraction of sp³-hybridized carbons (Fsp3) is 0.280. The molecule has 7 aromatic carbocycles. The number of rotatable bonds is 21. The molecule has 12 atom stereocenters. The van der Waals surface area contributed by atoms with E-state index in [2.05, 4.69) is 97.7 Å². The van der Waals surface area contributed by atoms with Crippen molar-refractivity contribution in [3.05, 3.63) is 262 Å². The van der Waals surface area contributed by atoms with Crippen molar-refractivity contribution in [2.75, 3.05) is 52.9 Å². The van der Waals surface area contributed by atoms with Gasteiger partial charge in [0.25, 0.3) is 0 Å². The summed E-state index contributed by atoms with van der Waals surface area (Å²) in [5.41, 5.74) is 23.1. The summed E-state index contributed by atoms with van der Waals surface area (Å²) in [7, 11) is 0. The number of aliphatic carboxylic acids is 1. The van der Waals surface area contributed by atoms with Crippen LogP contribution in [0.4, 0.5) is 0 Å². The molecule has 0 amide bonds. The topological polar surface area (TPSA) is 342 Å². The van der Waals surface area contributed by atoms with Gasteiger partial charge in [-0.05, 0) is 108 Å². The van der Waals surface area contributed by atoms with E-state index in [4.69, 9.17) is 102 Å². The summed E-state index contributed by atoms with van der Waals surface area (Å²) in [4.78, 5) is 54.7. The van der Waals surface area contributed by atoms with Crippen LogP contribution in [0.15, 0.2) is 224 Å². The molecule has 28 heteroatoms. The van der Waals surface area contributed by atoms with E-state index < -0.39 is 36.5 Å². The molecule has 6 saturated heterocycles. The standard InChI is InChI=1S/C28H25ClN2O4.C26H23ClN2O4.C24H24N2O6.C22H17ClN2O3/c29-19-12-20-25(31-24(19)18-10-6-16(7-11-18)15-4-2-1-3-5-15)23(17-8-9-17)28(30-20)35-22-14-34-26-21(32)13-33-27(22)26;1-14-22-19(28-26(14)33-21-13-32-24-20(30)12-31-25(21)24)11-18(27)23(29-22)17-9-7-16(8-10-17)15-5-3-2-4-6-15;27-9-15-20-17(26-23(15)32-19-11-31-21-18(29)10-30-22(19)21)6-5-16(25-20)13-1-3-14(4-2-13)24(12-28)7-8-24;23-17-12-18-19(13-20(24-18)28-11-10-21(26)27)25-22(17)16-8-6-15(7-9-16)14-4-2-1-3-5-14/h1-7,10-12,17,21-22,26-27,30,32H,8-9,13-14H2;2-11,20-21,24-25,28,30H,12-13H2,1H3;1-6,9,18-19,21-22,26,28-29H,7-8,10-12H2;1-9,12-13,24H,10-11H2,(H,26,27)/t21-,22-,26-,27-;20-,21-,24-,25-;18-,19-,21-,22-;/m111./s1. The molecule has 8 fully saturated rings. The zero-order valence-corrected chi connectivity index (χ0v) is 71.5. The number of pyridine rings is 4. The number of aromatic amines is 4. The van der Waals surface area contributed by atoms with Gasteiger partial charge in [-0.25, -0.2) is 19.9 Å². The number of hydrogen-bond acceptors (Lipinski definition) is 20. The summed E-state index contributed by atoms with van der Waals surface area (Å²) >= 11 is 19.8. The zero-order chi connectivity index (χ0) is 87.4. The first-order chi connectivity index (χ1) is 62.4. The highest BCUT2D eigenvalue weighted by Crippen LogP contribution is 2.51. The lowest BCUT2D eigenvalue weighted by Gasteiger charge is -2.17. The van der Waals surface area contributed by atoms with Crippen LogP contribution >= 0.6 is 34.8 Å². The fourth-order valence-electron chi connectivity index (χ4n) is 17.7. The zero-order valence-electron chi connectivity index (χ0n) is 69.2. The van der Waals surface area contributed by atoms with Crippen LogP contribution in [0.1, 0.15) is 65.1 Å². The number of H-pyrrole nitrogens is 4. The maximum atomic E-state index is 11.9. The van der Waals surface area contributed by atoms with Crippen LogP contribution in [0.25, 0.3) is 123 Å². The van der Waals surface area contributed by atoms with E-state index in [-0.39, 0.29) is 94.2 Å². The molecular formula is C100H89Cl3N8O17. The van der Waals surface area contributed by atoms with E-state index in [0.717, 1.165) is 138 Å². The Hall–Kier alpha value is -11.9. The Labute approximate surface area is 749 Å². The van der Waals surface area contributed by atoms with Gasteiger partial charge in [0.2, 0.25) is 5.88 Å². The molecule has 14 heterocycles. The van der Waals surface area contributed by atoms with Crippen molar-refractivity contribution >= 4 is 91.2 Å². The number of aliphatic hydroxyl groups excluding tert-OH is 4. The number of benzene rings is 7. The van der Waals surface area contributed by atoms with Crippen molar-refractivity contribution in [3.8, 4) is 102 Å². The number of carboxylic acid groups (broad SMARTS) is 1. The molecule has 0 radical (unpaired) electrons. The number of carboxylic acids is 1. The number of aryl methyl sites for hydroxylation is 1. The van der Waals surface area contributed by atoms with Gasteiger partial charge in [0.15, 0.2) is 42.2 Å². The number of carbonyl (C=O) groups is 2. The summed E-state index contributed by atoms with van der Waals surface area (Å²) in [6, 6.07) is 74.6. The summed E-state index contributed by atoms with van der Waals surface area (Å²) < 4.78 is 58.2. The summed E-state index contributed by atoms with van der Waals surface area (Å²) in [6.07, 6.45) is 0.0802. The smallest absolute Gasteiger partial charge is 0.306 e. The lowest BCUT2D eigenvalue weighted by molar-refractivity contribution is -0.137. The van der Waals surface area contributed by atoms with Crippen molar-refractivity contribution < 1.29 is 82.5 Å². The number of aromatic nitrogens is 8. The van der Waals surface area contributed by atoms with Crippen LogP contribution < -0.4 is 18.9 Å². The van der Waals surface area contributed by atoms with Crippen molar-refractivity contribution in [2.24, 2.45) is 0 Å². The number of ether oxygens (including phenoxy) is 10. The van der Waals surface area contributed by atoms with E-state index in [1.807, 2.05) is 146 Å². The number of carbonyl (C=O) groups excluding carboxylic acids is 1. The van der Waals surface area contributed by atoms with Crippen molar-refractivity contribution in [1.29, 1.82) is 0 Å². The SMILES string of the molecule is Cc1c(O[C@@H]2CO[C@H]3[C@@H]2OC[C@H]3O)[nH]c2cc(Cl)c(-c3ccc(-c4ccccc4)cc3)nc12.O=C(O)CCOc1cc2nc(-c3ccc(-c4ccccc4)cc3)c(Cl)cc2[nH]1.O=Cc1c(O[C@@H]2CO[C@H]3[C@@H]2OC[C@H]3O)[nH]c2ccc(-c3ccc(C4(CO)CC4)cc3)nc12.O[C@@H]1CO[C@H]2[C@@H]1OC[C@H]2Oc1[nH]c2cc(Cl)c(-c3ccc(-c4ccccc4)cc3)nc2c1C1CC1. The van der Waals surface area contributed by atoms with Gasteiger partial charge < -0.3 is 92.8 Å². The van der Waals surface area contributed by atoms with Crippen LogP contribution in [-0.2, 0) is 38.6 Å². The highest BCUT2D eigenvalue weighted by Gasteiger charge is 2.52. The van der Waals surface area contributed by atoms with E-state index in [1.54, 1.807) is 12.1 Å². The first-order valence-corrected chi connectivity index (χ1v) is 43.9. The molecule has 652 valence electrons. The minimum atomic E-state index is -0.904. The third kappa shape index (κ3) is 17.1. The Bertz CT molecular complexity index is 6560. The largest absolute Gasteiger partial charge is 0.481 e. The maximum Gasteiger partial charge on any atom is 0.306 e. The molecule has 6 aliphatic heterocycles. The van der Waals surface area contributed by atoms with E-state index >= 15 is 0 Å². The van der Waals surface area contributed by atoms with E-state index in [9.17, 15) is 30.0 Å². The van der Waals surface area contributed by atoms with Gasteiger partial charge in [-0.3, -0.25) is 9.59 Å². The van der Waals surface area contributed by atoms with Crippen LogP contribution in [-0.4, -0.2) is 204 Å². The number of nitrogens with zero attached hydrogens (tertiary/aromatic N) is 4. The maximum absolute atomic E-state index is 11.9. The summed E-state index contributed by atoms with van der Waals surface area (Å²) in [5.74, 6) is 1.63. The summed E-state index contributed by atoms with van der Waals surface area (Å²) in [6.45, 7) is 4.02. The predicted octanol–water partition coefficient (Wildman–Crippen LogP) is 17.5. The fourth-order valence-corrected chi connectivity index (χ4v) is 18.5. The van der Waals surface area contributed by atoms with Gasteiger partial charge >= 0.3 is 5.97 Å². The molecule has 15 aromatic rings. The van der Waals surface area contributed by atoms with Gasteiger partial charge in [-0.2, -0.15) is 0 Å². The molecule has 23 rings (SSSR count). The monoisotopic (exact) mass is 1780 g/mol. The van der Waals surface area contributed by atoms with Gasteiger partial charge in [0, 0.05) is 44.9 Å².